The molecule has 0 saturated heterocycles. The first-order chi connectivity index (χ1) is 15.0. The second-order valence-electron chi connectivity index (χ2n) is 6.11. The molecule has 31 heavy (non-hydrogen) atoms. The lowest BCUT2D eigenvalue weighted by molar-refractivity contribution is -0.118. The molecule has 0 aliphatic carbocycles. The summed E-state index contributed by atoms with van der Waals surface area (Å²) >= 11 is 2.55. The average molecular weight is 465 g/mol. The number of nitrogens with one attached hydrogen (secondary N) is 2. The zero-order chi connectivity index (χ0) is 22.2. The fourth-order valence-corrected chi connectivity index (χ4v) is 4.23. The Bertz CT molecular complexity index is 1020. The lowest BCUT2D eigenvalue weighted by Crippen LogP contribution is -2.24. The van der Waals surface area contributed by atoms with E-state index < -0.39 is 0 Å². The van der Waals surface area contributed by atoms with Crippen molar-refractivity contribution in [3.05, 3.63) is 47.8 Å². The van der Waals surface area contributed by atoms with Crippen LogP contribution in [0.3, 0.4) is 0 Å². The molecular formula is C20H21FN4O4S2. The van der Waals surface area contributed by atoms with Gasteiger partial charge in [-0.05, 0) is 35.9 Å². The summed E-state index contributed by atoms with van der Waals surface area (Å²) in [6.45, 7) is 0.304. The zero-order valence-electron chi connectivity index (χ0n) is 17.1. The van der Waals surface area contributed by atoms with E-state index in [-0.39, 0.29) is 17.5 Å². The van der Waals surface area contributed by atoms with Gasteiger partial charge in [-0.25, -0.2) is 4.39 Å². The number of ether oxygens (including phenoxy) is 3. The molecule has 11 heteroatoms. The van der Waals surface area contributed by atoms with Gasteiger partial charge >= 0.3 is 0 Å². The Labute approximate surface area is 187 Å². The molecule has 0 unspecified atom stereocenters. The van der Waals surface area contributed by atoms with Crippen LogP contribution in [0.15, 0.2) is 40.7 Å². The average Bonchev–Trinajstić information content (AvgIpc) is 3.22. The molecule has 0 spiro atoms. The fourth-order valence-electron chi connectivity index (χ4n) is 2.62. The molecule has 0 aliphatic rings. The predicted octanol–water partition coefficient (Wildman–Crippen LogP) is 3.86. The highest BCUT2D eigenvalue weighted by Gasteiger charge is 2.14. The van der Waals surface area contributed by atoms with E-state index >= 15 is 0 Å². The summed E-state index contributed by atoms with van der Waals surface area (Å²) < 4.78 is 29.8. The maximum atomic E-state index is 13.3. The molecule has 2 aromatic carbocycles. The molecule has 1 aromatic heterocycles. The molecule has 1 heterocycles. The Balaban J connectivity index is 1.51. The van der Waals surface area contributed by atoms with Crippen LogP contribution in [0.4, 0.5) is 15.2 Å². The van der Waals surface area contributed by atoms with Gasteiger partial charge in [0.05, 0.1) is 27.1 Å². The molecule has 3 aromatic rings. The molecule has 0 atom stereocenters. The smallest absolute Gasteiger partial charge is 0.230 e. The number of rotatable bonds is 10. The number of hydrogen-bond acceptors (Lipinski definition) is 9. The fraction of sp³-hybridized carbons (Fsp3) is 0.250. The van der Waals surface area contributed by atoms with E-state index in [1.165, 1.54) is 56.6 Å². The number of hydrogen-bond donors (Lipinski definition) is 2. The first-order valence-electron chi connectivity index (χ1n) is 9.07. The molecule has 0 radical (unpaired) electrons. The van der Waals surface area contributed by atoms with Gasteiger partial charge in [-0.1, -0.05) is 29.2 Å². The largest absolute Gasteiger partial charge is 0.493 e. The number of anilines is 2. The van der Waals surface area contributed by atoms with E-state index in [1.807, 2.05) is 0 Å². The monoisotopic (exact) mass is 464 g/mol. The van der Waals surface area contributed by atoms with Gasteiger partial charge in [0.1, 0.15) is 5.82 Å². The molecule has 0 saturated carbocycles. The van der Waals surface area contributed by atoms with Crippen molar-refractivity contribution in [2.75, 3.05) is 32.4 Å². The first-order valence-corrected chi connectivity index (χ1v) is 10.9. The van der Waals surface area contributed by atoms with Gasteiger partial charge in [0.15, 0.2) is 15.8 Å². The van der Waals surface area contributed by atoms with Crippen LogP contribution in [0, 0.1) is 5.82 Å². The maximum absolute atomic E-state index is 13.3. The first kappa shape index (κ1) is 22.6. The van der Waals surface area contributed by atoms with Crippen LogP contribution >= 0.6 is 23.1 Å². The molecular weight excluding hydrogens is 443 g/mol. The van der Waals surface area contributed by atoms with Crippen LogP contribution in [-0.2, 0) is 11.3 Å². The van der Waals surface area contributed by atoms with E-state index in [9.17, 15) is 9.18 Å². The van der Waals surface area contributed by atoms with Crippen LogP contribution < -0.4 is 24.8 Å². The Morgan fingerprint density at radius 1 is 1.10 bits per heavy atom. The van der Waals surface area contributed by atoms with Crippen molar-refractivity contribution in [1.82, 2.24) is 15.5 Å². The summed E-state index contributed by atoms with van der Waals surface area (Å²) in [7, 11) is 4.61. The number of halogens is 1. The highest BCUT2D eigenvalue weighted by molar-refractivity contribution is 8.01. The highest BCUT2D eigenvalue weighted by Crippen LogP contribution is 2.38. The lowest BCUT2D eigenvalue weighted by atomic mass is 10.2. The normalized spacial score (nSPS) is 10.5. The number of benzene rings is 2. The van der Waals surface area contributed by atoms with Gasteiger partial charge in [-0.3, -0.25) is 4.79 Å². The van der Waals surface area contributed by atoms with Crippen molar-refractivity contribution < 1.29 is 23.4 Å². The topological polar surface area (TPSA) is 94.6 Å². The zero-order valence-corrected chi connectivity index (χ0v) is 18.7. The third kappa shape index (κ3) is 6.22. The third-order valence-corrected chi connectivity index (χ3v) is 6.00. The van der Waals surface area contributed by atoms with Crippen LogP contribution in [0.1, 0.15) is 5.56 Å². The van der Waals surface area contributed by atoms with Gasteiger partial charge in [0.2, 0.25) is 16.8 Å². The van der Waals surface area contributed by atoms with Gasteiger partial charge in [0.25, 0.3) is 0 Å². The molecule has 0 fully saturated rings. The van der Waals surface area contributed by atoms with Crippen LogP contribution in [0.2, 0.25) is 0 Å². The van der Waals surface area contributed by atoms with Crippen molar-refractivity contribution in [3.63, 3.8) is 0 Å². The van der Waals surface area contributed by atoms with Crippen LogP contribution in [0.5, 0.6) is 17.2 Å². The Hall–Kier alpha value is -3.05. The third-order valence-electron chi connectivity index (χ3n) is 4.02. The Morgan fingerprint density at radius 2 is 1.84 bits per heavy atom. The number of amides is 1. The minimum Gasteiger partial charge on any atom is -0.493 e. The van der Waals surface area contributed by atoms with Crippen molar-refractivity contribution in [1.29, 1.82) is 0 Å². The number of thioether (sulfide) groups is 1. The quantitative estimate of drug-likeness (QED) is 0.437. The number of methoxy groups -OCH3 is 3. The van der Waals surface area contributed by atoms with Gasteiger partial charge in [-0.15, -0.1) is 10.2 Å². The van der Waals surface area contributed by atoms with Crippen molar-refractivity contribution in [2.45, 2.75) is 10.9 Å². The predicted molar refractivity (Wildman–Crippen MR) is 118 cm³/mol. The Morgan fingerprint density at radius 3 is 2.48 bits per heavy atom. The van der Waals surface area contributed by atoms with Gasteiger partial charge < -0.3 is 24.8 Å². The second kappa shape index (κ2) is 10.8. The number of carbonyl (C=O) groups excluding carboxylic acids is 1. The molecule has 0 bridgehead atoms. The van der Waals surface area contributed by atoms with Crippen LogP contribution in [-0.4, -0.2) is 43.2 Å². The molecule has 1 amide bonds. The summed E-state index contributed by atoms with van der Waals surface area (Å²) in [5, 5.41) is 14.4. The van der Waals surface area contributed by atoms with E-state index in [1.54, 1.807) is 24.3 Å². The van der Waals surface area contributed by atoms with E-state index in [0.717, 1.165) is 5.56 Å². The Kier molecular flexibility index (Phi) is 7.90. The summed E-state index contributed by atoms with van der Waals surface area (Å²) in [6, 6.07) is 9.63. The standard InChI is InChI=1S/C20H21FN4O4S2/c1-27-15-7-12(8-16(28-2)18(15)29-3)10-22-17(26)11-30-20-25-24-19(31-20)23-14-6-4-5-13(21)9-14/h4-9H,10-11H2,1-3H3,(H,22,26)(H,23,24). The van der Waals surface area contributed by atoms with Crippen LogP contribution in [0.25, 0.3) is 0 Å². The van der Waals surface area contributed by atoms with Crippen molar-refractivity contribution in [2.24, 2.45) is 0 Å². The van der Waals surface area contributed by atoms with Gasteiger partial charge in [0, 0.05) is 12.2 Å². The molecule has 8 nitrogen and oxygen atoms in total. The lowest BCUT2D eigenvalue weighted by Gasteiger charge is -2.14. The SMILES string of the molecule is COc1cc(CNC(=O)CSc2nnc(Nc3cccc(F)c3)s2)cc(OC)c1OC. The van der Waals surface area contributed by atoms with E-state index in [0.29, 0.717) is 39.0 Å². The molecule has 0 aliphatic heterocycles. The van der Waals surface area contributed by atoms with Crippen molar-refractivity contribution in [3.8, 4) is 17.2 Å². The molecule has 3 rings (SSSR count). The summed E-state index contributed by atoms with van der Waals surface area (Å²) in [5.74, 6) is 1.22. The summed E-state index contributed by atoms with van der Waals surface area (Å²) in [5.41, 5.74) is 1.39. The number of aromatic nitrogens is 2. The summed E-state index contributed by atoms with van der Waals surface area (Å²) in [6.07, 6.45) is 0. The number of nitrogens with zero attached hydrogens (tertiary/aromatic N) is 2. The molecule has 164 valence electrons. The second-order valence-corrected chi connectivity index (χ2v) is 8.31. The van der Waals surface area contributed by atoms with E-state index in [4.69, 9.17) is 14.2 Å². The summed E-state index contributed by atoms with van der Waals surface area (Å²) in [4.78, 5) is 12.2. The van der Waals surface area contributed by atoms with E-state index in [2.05, 4.69) is 20.8 Å². The van der Waals surface area contributed by atoms with Crippen molar-refractivity contribution >= 4 is 39.8 Å². The molecule has 2 N–H and O–H groups in total. The number of carbonyl (C=O) groups is 1. The highest BCUT2D eigenvalue weighted by atomic mass is 32.2. The maximum Gasteiger partial charge on any atom is 0.230 e. The minimum atomic E-state index is -0.340. The van der Waals surface area contributed by atoms with Gasteiger partial charge in [-0.2, -0.15) is 0 Å². The minimum absolute atomic E-state index is 0.159.